The molecular weight excluding hydrogens is 417 g/mol. The predicted octanol–water partition coefficient (Wildman–Crippen LogP) is 4.01. The molecule has 0 N–H and O–H groups in total. The second-order valence-corrected chi connectivity index (χ2v) is 8.50. The normalized spacial score (nSPS) is 12.4. The number of aromatic nitrogens is 4. The van der Waals surface area contributed by atoms with Gasteiger partial charge in [-0.1, -0.05) is 18.5 Å². The zero-order chi connectivity index (χ0) is 20.7. The number of rotatable bonds is 4. The highest BCUT2D eigenvalue weighted by Crippen LogP contribution is 2.34. The molecule has 6 nitrogen and oxygen atoms in total. The SMILES string of the molecule is CCS(=O)(=O)c1cc(C(F)(F)F)cnc1-c1ncc(-c2ccc(Cl)nc2)n1C. The highest BCUT2D eigenvalue weighted by atomic mass is 35.5. The minimum absolute atomic E-state index is 0.116. The molecule has 0 aliphatic heterocycles. The molecule has 0 aliphatic rings. The monoisotopic (exact) mass is 430 g/mol. The molecular formula is C17H14ClF3N4O2S. The van der Waals surface area contributed by atoms with Crippen LogP contribution in [0.4, 0.5) is 13.2 Å². The van der Waals surface area contributed by atoms with E-state index in [9.17, 15) is 21.6 Å². The molecule has 3 heterocycles. The first-order valence-corrected chi connectivity index (χ1v) is 10.0. The quantitative estimate of drug-likeness (QED) is 0.584. The summed E-state index contributed by atoms with van der Waals surface area (Å²) in [7, 11) is -2.38. The molecule has 0 amide bonds. The fourth-order valence-corrected chi connectivity index (χ4v) is 3.75. The Labute approximate surface area is 164 Å². The second-order valence-electron chi connectivity index (χ2n) is 5.87. The summed E-state index contributed by atoms with van der Waals surface area (Å²) in [6, 6.07) is 3.87. The Morgan fingerprint density at radius 3 is 2.39 bits per heavy atom. The van der Waals surface area contributed by atoms with E-state index in [1.807, 2.05) is 0 Å². The first-order valence-electron chi connectivity index (χ1n) is 7.98. The maximum Gasteiger partial charge on any atom is 0.417 e. The average Bonchev–Trinajstić information content (AvgIpc) is 3.02. The molecule has 0 atom stereocenters. The highest BCUT2D eigenvalue weighted by Gasteiger charge is 2.34. The number of sulfone groups is 1. The summed E-state index contributed by atoms with van der Waals surface area (Å²) in [5.41, 5.74) is -0.0664. The lowest BCUT2D eigenvalue weighted by Gasteiger charge is -2.13. The van der Waals surface area contributed by atoms with Crippen molar-refractivity contribution >= 4 is 21.4 Å². The van der Waals surface area contributed by atoms with Gasteiger partial charge < -0.3 is 4.57 Å². The third-order valence-electron chi connectivity index (χ3n) is 4.12. The Hall–Kier alpha value is -2.46. The zero-order valence-corrected chi connectivity index (χ0v) is 16.3. The van der Waals surface area contributed by atoms with E-state index in [0.717, 1.165) is 0 Å². The fraction of sp³-hybridized carbons (Fsp3) is 0.235. The Morgan fingerprint density at radius 1 is 1.11 bits per heavy atom. The Kier molecular flexibility index (Phi) is 5.20. The molecule has 3 rings (SSSR count). The molecule has 11 heteroatoms. The van der Waals surface area contributed by atoms with E-state index in [0.29, 0.717) is 28.7 Å². The molecule has 0 saturated heterocycles. The maximum atomic E-state index is 13.1. The molecule has 0 saturated carbocycles. The van der Waals surface area contributed by atoms with Gasteiger partial charge in [-0.25, -0.2) is 18.4 Å². The van der Waals surface area contributed by atoms with Crippen LogP contribution in [0.5, 0.6) is 0 Å². The number of halogens is 4. The Balaban J connectivity index is 2.20. The molecule has 0 bridgehead atoms. The molecule has 3 aromatic rings. The van der Waals surface area contributed by atoms with E-state index in [1.54, 1.807) is 19.2 Å². The summed E-state index contributed by atoms with van der Waals surface area (Å²) < 4.78 is 65.6. The lowest BCUT2D eigenvalue weighted by molar-refractivity contribution is -0.138. The van der Waals surface area contributed by atoms with Crippen molar-refractivity contribution < 1.29 is 21.6 Å². The van der Waals surface area contributed by atoms with Crippen LogP contribution in [0.2, 0.25) is 5.15 Å². The van der Waals surface area contributed by atoms with E-state index < -0.39 is 26.5 Å². The van der Waals surface area contributed by atoms with Crippen LogP contribution in [0.1, 0.15) is 12.5 Å². The van der Waals surface area contributed by atoms with Crippen LogP contribution < -0.4 is 0 Å². The van der Waals surface area contributed by atoms with Crippen LogP contribution >= 0.6 is 11.6 Å². The lowest BCUT2D eigenvalue weighted by atomic mass is 10.2. The summed E-state index contributed by atoms with van der Waals surface area (Å²) in [6.45, 7) is 1.35. The fourth-order valence-electron chi connectivity index (χ4n) is 2.59. The van der Waals surface area contributed by atoms with Crippen LogP contribution in [0.3, 0.4) is 0 Å². The number of hydrogen-bond acceptors (Lipinski definition) is 5. The summed E-state index contributed by atoms with van der Waals surface area (Å²) in [5, 5.41) is 0.298. The summed E-state index contributed by atoms with van der Waals surface area (Å²) in [4.78, 5) is 11.4. The summed E-state index contributed by atoms with van der Waals surface area (Å²) >= 11 is 5.78. The minimum atomic E-state index is -4.72. The maximum absolute atomic E-state index is 13.1. The van der Waals surface area contributed by atoms with Crippen LogP contribution in [-0.2, 0) is 23.1 Å². The average molecular weight is 431 g/mol. The highest BCUT2D eigenvalue weighted by molar-refractivity contribution is 7.91. The van der Waals surface area contributed by atoms with Crippen LogP contribution in [-0.4, -0.2) is 33.7 Å². The first kappa shape index (κ1) is 20.3. The summed E-state index contributed by atoms with van der Waals surface area (Å²) in [6.07, 6.45) is -1.15. The van der Waals surface area contributed by atoms with Gasteiger partial charge in [0.05, 0.1) is 28.1 Å². The van der Waals surface area contributed by atoms with E-state index in [1.165, 1.54) is 23.9 Å². The van der Waals surface area contributed by atoms with E-state index in [4.69, 9.17) is 11.6 Å². The summed E-state index contributed by atoms with van der Waals surface area (Å²) in [5.74, 6) is -0.257. The van der Waals surface area contributed by atoms with Gasteiger partial charge in [0.2, 0.25) is 0 Å². The third-order valence-corrected chi connectivity index (χ3v) is 6.08. The van der Waals surface area contributed by atoms with Crippen molar-refractivity contribution in [3.05, 3.63) is 47.5 Å². The van der Waals surface area contributed by atoms with Crippen molar-refractivity contribution in [1.82, 2.24) is 19.5 Å². The van der Waals surface area contributed by atoms with Gasteiger partial charge in [0.15, 0.2) is 15.7 Å². The number of imidazole rings is 1. The van der Waals surface area contributed by atoms with E-state index in [2.05, 4.69) is 15.0 Å². The molecule has 0 radical (unpaired) electrons. The van der Waals surface area contributed by atoms with Crippen molar-refractivity contribution in [3.63, 3.8) is 0 Å². The van der Waals surface area contributed by atoms with Crippen molar-refractivity contribution in [2.24, 2.45) is 7.05 Å². The molecule has 0 aromatic carbocycles. The first-order chi connectivity index (χ1) is 13.0. The smallest absolute Gasteiger partial charge is 0.326 e. The van der Waals surface area contributed by atoms with Gasteiger partial charge in [-0.2, -0.15) is 13.2 Å². The number of alkyl halides is 3. The van der Waals surface area contributed by atoms with Gasteiger partial charge in [0.25, 0.3) is 0 Å². The van der Waals surface area contributed by atoms with Gasteiger partial charge >= 0.3 is 6.18 Å². The predicted molar refractivity (Wildman–Crippen MR) is 97.4 cm³/mol. The van der Waals surface area contributed by atoms with Gasteiger partial charge in [-0.05, 0) is 18.2 Å². The Bertz CT molecular complexity index is 1130. The van der Waals surface area contributed by atoms with E-state index >= 15 is 0 Å². The molecule has 3 aromatic heterocycles. The van der Waals surface area contributed by atoms with Crippen molar-refractivity contribution in [2.45, 2.75) is 18.0 Å². The zero-order valence-electron chi connectivity index (χ0n) is 14.7. The van der Waals surface area contributed by atoms with Gasteiger partial charge in [-0.15, -0.1) is 0 Å². The molecule has 0 spiro atoms. The largest absolute Gasteiger partial charge is 0.417 e. The minimum Gasteiger partial charge on any atom is -0.326 e. The van der Waals surface area contributed by atoms with Gasteiger partial charge in [-0.3, -0.25) is 4.98 Å². The van der Waals surface area contributed by atoms with Crippen LogP contribution in [0.25, 0.3) is 22.8 Å². The Morgan fingerprint density at radius 2 is 1.82 bits per heavy atom. The van der Waals surface area contributed by atoms with Gasteiger partial charge in [0.1, 0.15) is 10.8 Å². The van der Waals surface area contributed by atoms with Crippen molar-refractivity contribution in [2.75, 3.05) is 5.75 Å². The third kappa shape index (κ3) is 3.74. The van der Waals surface area contributed by atoms with Crippen LogP contribution in [0.15, 0.2) is 41.7 Å². The van der Waals surface area contributed by atoms with E-state index in [-0.39, 0.29) is 17.3 Å². The number of nitrogens with zero attached hydrogens (tertiary/aromatic N) is 4. The lowest BCUT2D eigenvalue weighted by Crippen LogP contribution is -2.13. The standard InChI is InChI=1S/C17H14ClF3N4O2S/c1-3-28(26,27)13-6-11(17(19,20)21)8-23-15(13)16-24-9-12(25(16)2)10-4-5-14(18)22-7-10/h4-9H,3H2,1-2H3. The molecule has 28 heavy (non-hydrogen) atoms. The number of hydrogen-bond donors (Lipinski definition) is 0. The van der Waals surface area contributed by atoms with Gasteiger partial charge in [0, 0.05) is 25.0 Å². The topological polar surface area (TPSA) is 77.7 Å². The molecule has 0 unspecified atom stereocenters. The van der Waals surface area contributed by atoms with Crippen molar-refractivity contribution in [3.8, 4) is 22.8 Å². The van der Waals surface area contributed by atoms with Crippen molar-refractivity contribution in [1.29, 1.82) is 0 Å². The number of pyridine rings is 2. The molecule has 0 fully saturated rings. The van der Waals surface area contributed by atoms with Crippen LogP contribution in [0, 0.1) is 0 Å². The second kappa shape index (κ2) is 7.17. The molecule has 148 valence electrons. The molecule has 0 aliphatic carbocycles.